The van der Waals surface area contributed by atoms with Gasteiger partial charge in [0.1, 0.15) is 0 Å². The van der Waals surface area contributed by atoms with Crippen LogP contribution in [0.15, 0.2) is 41.0 Å². The van der Waals surface area contributed by atoms with Crippen molar-refractivity contribution in [2.75, 3.05) is 0 Å². The molecule has 0 aliphatic rings. The third-order valence-electron chi connectivity index (χ3n) is 3.02. The summed E-state index contributed by atoms with van der Waals surface area (Å²) in [6, 6.07) is 10.1. The normalized spacial score (nSPS) is 12.6. The molecule has 4 heteroatoms. The van der Waals surface area contributed by atoms with Crippen molar-refractivity contribution >= 4 is 15.9 Å². The second kappa shape index (κ2) is 6.16. The van der Waals surface area contributed by atoms with E-state index in [-0.39, 0.29) is 6.10 Å². The molecule has 1 aromatic carbocycles. The van der Waals surface area contributed by atoms with Crippen LogP contribution < -0.4 is 0 Å². The lowest BCUT2D eigenvalue weighted by Crippen LogP contribution is -2.12. The lowest BCUT2D eigenvalue weighted by Gasteiger charge is -2.11. The van der Waals surface area contributed by atoms with Gasteiger partial charge < -0.3 is 5.11 Å². The van der Waals surface area contributed by atoms with Crippen LogP contribution in [-0.4, -0.2) is 21.0 Å². The van der Waals surface area contributed by atoms with Crippen LogP contribution in [0.2, 0.25) is 0 Å². The van der Waals surface area contributed by atoms with E-state index in [1.54, 1.807) is 6.20 Å². The zero-order valence-electron chi connectivity index (χ0n) is 10.4. The van der Waals surface area contributed by atoms with Crippen molar-refractivity contribution in [3.63, 3.8) is 0 Å². The maximum Gasteiger partial charge on any atom is 0.0584 e. The Morgan fingerprint density at radius 3 is 2.89 bits per heavy atom. The summed E-state index contributed by atoms with van der Waals surface area (Å²) in [5.41, 5.74) is 2.31. The molecule has 1 aromatic heterocycles. The Bertz CT molecular complexity index is 510. The van der Waals surface area contributed by atoms with E-state index in [0.717, 1.165) is 28.6 Å². The van der Waals surface area contributed by atoms with E-state index in [9.17, 15) is 5.11 Å². The highest BCUT2D eigenvalue weighted by atomic mass is 79.9. The molecule has 1 heterocycles. The van der Waals surface area contributed by atoms with Crippen molar-refractivity contribution in [3.05, 3.63) is 52.3 Å². The Morgan fingerprint density at radius 1 is 1.39 bits per heavy atom. The molecule has 0 amide bonds. The zero-order valence-corrected chi connectivity index (χ0v) is 12.0. The van der Waals surface area contributed by atoms with Crippen molar-refractivity contribution in [1.82, 2.24) is 9.78 Å². The topological polar surface area (TPSA) is 38.0 Å². The van der Waals surface area contributed by atoms with Crippen molar-refractivity contribution in [2.24, 2.45) is 7.05 Å². The largest absolute Gasteiger partial charge is 0.393 e. The number of rotatable bonds is 5. The van der Waals surface area contributed by atoms with Crippen LogP contribution in [0.5, 0.6) is 0 Å². The SMILES string of the molecule is Cn1nccc1CCC(O)Cc1cccc(Br)c1. The number of aliphatic hydroxyl groups excluding tert-OH is 1. The minimum Gasteiger partial charge on any atom is -0.393 e. The van der Waals surface area contributed by atoms with Gasteiger partial charge in [-0.2, -0.15) is 5.10 Å². The number of hydrogen-bond acceptors (Lipinski definition) is 2. The van der Waals surface area contributed by atoms with Crippen LogP contribution >= 0.6 is 15.9 Å². The fraction of sp³-hybridized carbons (Fsp3) is 0.357. The van der Waals surface area contributed by atoms with E-state index in [1.807, 2.05) is 42.1 Å². The molecule has 96 valence electrons. The summed E-state index contributed by atoms with van der Waals surface area (Å²) in [4.78, 5) is 0. The fourth-order valence-electron chi connectivity index (χ4n) is 2.00. The molecule has 1 atom stereocenters. The van der Waals surface area contributed by atoms with E-state index in [0.29, 0.717) is 6.42 Å². The Morgan fingerprint density at radius 2 is 2.22 bits per heavy atom. The molecule has 2 rings (SSSR count). The van der Waals surface area contributed by atoms with Gasteiger partial charge in [0.05, 0.1) is 6.10 Å². The molecule has 3 nitrogen and oxygen atoms in total. The minimum absolute atomic E-state index is 0.311. The molecule has 0 radical (unpaired) electrons. The van der Waals surface area contributed by atoms with Gasteiger partial charge in [-0.1, -0.05) is 28.1 Å². The van der Waals surface area contributed by atoms with Crippen LogP contribution in [0, 0.1) is 0 Å². The maximum absolute atomic E-state index is 10.0. The second-order valence-corrected chi connectivity index (χ2v) is 5.39. The number of aliphatic hydroxyl groups is 1. The minimum atomic E-state index is -0.311. The van der Waals surface area contributed by atoms with Crippen LogP contribution in [0.4, 0.5) is 0 Å². The third-order valence-corrected chi connectivity index (χ3v) is 3.51. The van der Waals surface area contributed by atoms with Gasteiger partial charge in [0.2, 0.25) is 0 Å². The van der Waals surface area contributed by atoms with E-state index >= 15 is 0 Å². The Kier molecular flexibility index (Phi) is 4.55. The van der Waals surface area contributed by atoms with Gasteiger partial charge >= 0.3 is 0 Å². The summed E-state index contributed by atoms with van der Waals surface area (Å²) in [5, 5.41) is 14.2. The van der Waals surface area contributed by atoms with Crippen molar-refractivity contribution < 1.29 is 5.11 Å². The van der Waals surface area contributed by atoms with Crippen LogP contribution in [0.25, 0.3) is 0 Å². The van der Waals surface area contributed by atoms with Crippen LogP contribution in [-0.2, 0) is 19.9 Å². The lowest BCUT2D eigenvalue weighted by atomic mass is 10.0. The Hall–Kier alpha value is -1.13. The van der Waals surface area contributed by atoms with Crippen LogP contribution in [0.3, 0.4) is 0 Å². The highest BCUT2D eigenvalue weighted by Gasteiger charge is 2.08. The molecule has 0 saturated carbocycles. The molecule has 0 bridgehead atoms. The van der Waals surface area contributed by atoms with Crippen molar-refractivity contribution in [1.29, 1.82) is 0 Å². The zero-order chi connectivity index (χ0) is 13.0. The molecule has 0 spiro atoms. The van der Waals surface area contributed by atoms with Gasteiger partial charge in [0, 0.05) is 23.4 Å². The van der Waals surface area contributed by atoms with Gasteiger partial charge in [-0.3, -0.25) is 4.68 Å². The van der Waals surface area contributed by atoms with Gasteiger partial charge in [-0.15, -0.1) is 0 Å². The van der Waals surface area contributed by atoms with Crippen LogP contribution in [0.1, 0.15) is 17.7 Å². The molecule has 0 aliphatic carbocycles. The average Bonchev–Trinajstić information content (AvgIpc) is 2.72. The summed E-state index contributed by atoms with van der Waals surface area (Å²) in [7, 11) is 1.93. The molecule has 0 saturated heterocycles. The first-order valence-corrected chi connectivity index (χ1v) is 6.84. The summed E-state index contributed by atoms with van der Waals surface area (Å²) < 4.78 is 2.91. The second-order valence-electron chi connectivity index (χ2n) is 4.47. The molecule has 2 aromatic rings. The predicted octanol–water partition coefficient (Wildman–Crippen LogP) is 2.72. The van der Waals surface area contributed by atoms with Gasteiger partial charge in [-0.05, 0) is 43.0 Å². The summed E-state index contributed by atoms with van der Waals surface area (Å²) in [5.74, 6) is 0. The molecule has 18 heavy (non-hydrogen) atoms. The molecular weight excluding hydrogens is 292 g/mol. The van der Waals surface area contributed by atoms with Gasteiger partial charge in [0.25, 0.3) is 0 Å². The number of hydrogen-bond donors (Lipinski definition) is 1. The first-order chi connectivity index (χ1) is 8.65. The number of nitrogens with zero attached hydrogens (tertiary/aromatic N) is 2. The lowest BCUT2D eigenvalue weighted by molar-refractivity contribution is 0.164. The summed E-state index contributed by atoms with van der Waals surface area (Å²) in [6.07, 6.45) is 3.78. The number of aromatic nitrogens is 2. The maximum atomic E-state index is 10.0. The first-order valence-electron chi connectivity index (χ1n) is 6.04. The first kappa shape index (κ1) is 13.3. The fourth-order valence-corrected chi connectivity index (χ4v) is 2.45. The molecule has 0 aliphatic heterocycles. The monoisotopic (exact) mass is 308 g/mol. The Balaban J connectivity index is 1.86. The number of halogens is 1. The quantitative estimate of drug-likeness (QED) is 0.922. The number of benzene rings is 1. The third kappa shape index (κ3) is 3.68. The smallest absolute Gasteiger partial charge is 0.0584 e. The van der Waals surface area contributed by atoms with E-state index < -0.39 is 0 Å². The Labute approximate surface area is 116 Å². The average molecular weight is 309 g/mol. The molecule has 0 fully saturated rings. The number of aryl methyl sites for hydroxylation is 2. The van der Waals surface area contributed by atoms with Gasteiger partial charge in [0.15, 0.2) is 0 Å². The molecular formula is C14H17BrN2O. The van der Waals surface area contributed by atoms with Gasteiger partial charge in [-0.25, -0.2) is 0 Å². The predicted molar refractivity (Wildman–Crippen MR) is 75.4 cm³/mol. The van der Waals surface area contributed by atoms with Crippen molar-refractivity contribution in [2.45, 2.75) is 25.4 Å². The molecule has 1 unspecified atom stereocenters. The standard InChI is InChI=1S/C14H17BrN2O/c1-17-13(7-8-16-17)5-6-14(18)10-11-3-2-4-12(15)9-11/h2-4,7-9,14,18H,5-6,10H2,1H3. The highest BCUT2D eigenvalue weighted by molar-refractivity contribution is 9.10. The highest BCUT2D eigenvalue weighted by Crippen LogP contribution is 2.14. The van der Waals surface area contributed by atoms with Crippen molar-refractivity contribution in [3.8, 4) is 0 Å². The van der Waals surface area contributed by atoms with E-state index in [1.165, 1.54) is 0 Å². The van der Waals surface area contributed by atoms with E-state index in [4.69, 9.17) is 0 Å². The summed E-state index contributed by atoms with van der Waals surface area (Å²) >= 11 is 3.44. The molecule has 1 N–H and O–H groups in total. The van der Waals surface area contributed by atoms with E-state index in [2.05, 4.69) is 21.0 Å². The summed E-state index contributed by atoms with van der Waals surface area (Å²) in [6.45, 7) is 0.